The number of Topliss-reactive ketones (excluding diaryl/α,β-unsaturated/α-hetero) is 1. The van der Waals surface area contributed by atoms with Gasteiger partial charge in [-0.1, -0.05) is 13.8 Å². The van der Waals surface area contributed by atoms with Gasteiger partial charge in [0.1, 0.15) is 5.78 Å². The van der Waals surface area contributed by atoms with Gasteiger partial charge < -0.3 is 0 Å². The second kappa shape index (κ2) is 5.72. The molecule has 0 aromatic rings. The van der Waals surface area contributed by atoms with Crippen LogP contribution in [-0.4, -0.2) is 11.7 Å². The fraction of sp³-hybridized carbons (Fsp3) is 0.875. The van der Waals surface area contributed by atoms with Crippen LogP contribution in [0.25, 0.3) is 0 Å². The van der Waals surface area contributed by atoms with Gasteiger partial charge in [0.25, 0.3) is 0 Å². The predicted octanol–water partition coefficient (Wildman–Crippen LogP) is 2.62. The summed E-state index contributed by atoms with van der Waals surface area (Å²) in [6.07, 6.45) is 2.42. The number of carbonyl (C=O) groups is 1. The Labute approximate surface area is 67.8 Å². The van der Waals surface area contributed by atoms with Crippen LogP contribution in [0.2, 0.25) is 0 Å². The zero-order chi connectivity index (χ0) is 7.98. The third-order valence-corrected chi connectivity index (χ3v) is 1.99. The Morgan fingerprint density at radius 1 is 1.60 bits per heavy atom. The molecular formula is C8H15ClO. The van der Waals surface area contributed by atoms with Crippen molar-refractivity contribution in [2.45, 2.75) is 33.1 Å². The van der Waals surface area contributed by atoms with Crippen molar-refractivity contribution in [3.05, 3.63) is 0 Å². The van der Waals surface area contributed by atoms with Crippen LogP contribution in [0.15, 0.2) is 0 Å². The van der Waals surface area contributed by atoms with Crippen LogP contribution in [0.4, 0.5) is 0 Å². The van der Waals surface area contributed by atoms with Crippen molar-refractivity contribution in [3.63, 3.8) is 0 Å². The Hall–Kier alpha value is -0.0400. The van der Waals surface area contributed by atoms with Crippen molar-refractivity contribution in [2.75, 3.05) is 5.88 Å². The summed E-state index contributed by atoms with van der Waals surface area (Å²) < 4.78 is 0. The molecule has 0 fully saturated rings. The largest absolute Gasteiger partial charge is 0.299 e. The molecule has 0 spiro atoms. The van der Waals surface area contributed by atoms with Gasteiger partial charge in [-0.15, -0.1) is 11.6 Å². The lowest BCUT2D eigenvalue weighted by Gasteiger charge is -2.04. The smallest absolute Gasteiger partial charge is 0.135 e. The number of halogens is 1. The van der Waals surface area contributed by atoms with Crippen molar-refractivity contribution in [2.24, 2.45) is 5.92 Å². The zero-order valence-corrected chi connectivity index (χ0v) is 7.45. The molecule has 0 bridgehead atoms. The molecule has 0 heterocycles. The molecule has 0 aromatic carbocycles. The molecule has 2 heteroatoms. The SMILES string of the molecule is CCC(C)C(=O)CCCCl. The first-order valence-corrected chi connectivity index (χ1v) is 4.34. The zero-order valence-electron chi connectivity index (χ0n) is 6.69. The van der Waals surface area contributed by atoms with Crippen LogP contribution in [0, 0.1) is 5.92 Å². The summed E-state index contributed by atoms with van der Waals surface area (Å²) in [6, 6.07) is 0. The van der Waals surface area contributed by atoms with Crippen molar-refractivity contribution in [1.82, 2.24) is 0 Å². The number of carbonyl (C=O) groups excluding carboxylic acids is 1. The maximum Gasteiger partial charge on any atom is 0.135 e. The molecule has 0 aromatic heterocycles. The molecule has 60 valence electrons. The second-order valence-corrected chi connectivity index (χ2v) is 2.95. The minimum Gasteiger partial charge on any atom is -0.299 e. The third kappa shape index (κ3) is 3.89. The summed E-state index contributed by atoms with van der Waals surface area (Å²) in [7, 11) is 0. The first-order chi connectivity index (χ1) is 4.72. The number of hydrogen-bond donors (Lipinski definition) is 0. The maximum absolute atomic E-state index is 11.1. The van der Waals surface area contributed by atoms with Gasteiger partial charge in [-0.2, -0.15) is 0 Å². The Morgan fingerprint density at radius 2 is 2.20 bits per heavy atom. The van der Waals surface area contributed by atoms with E-state index < -0.39 is 0 Å². The van der Waals surface area contributed by atoms with Crippen molar-refractivity contribution < 1.29 is 4.79 Å². The van der Waals surface area contributed by atoms with Crippen LogP contribution < -0.4 is 0 Å². The minimum absolute atomic E-state index is 0.225. The molecule has 0 radical (unpaired) electrons. The van der Waals surface area contributed by atoms with Gasteiger partial charge in [-0.05, 0) is 12.8 Å². The van der Waals surface area contributed by atoms with E-state index in [1.165, 1.54) is 0 Å². The summed E-state index contributed by atoms with van der Waals surface area (Å²) in [6.45, 7) is 4.00. The molecule has 1 nitrogen and oxygen atoms in total. The van der Waals surface area contributed by atoms with Crippen LogP contribution >= 0.6 is 11.6 Å². The summed E-state index contributed by atoms with van der Waals surface area (Å²) in [4.78, 5) is 11.1. The molecule has 10 heavy (non-hydrogen) atoms. The van der Waals surface area contributed by atoms with Gasteiger partial charge in [0, 0.05) is 18.2 Å². The Bertz CT molecular complexity index is 101. The summed E-state index contributed by atoms with van der Waals surface area (Å²) in [5.41, 5.74) is 0. The van der Waals surface area contributed by atoms with Gasteiger partial charge in [0.15, 0.2) is 0 Å². The molecule has 0 N–H and O–H groups in total. The molecule has 0 saturated heterocycles. The fourth-order valence-corrected chi connectivity index (χ4v) is 0.849. The van der Waals surface area contributed by atoms with Crippen molar-refractivity contribution >= 4 is 17.4 Å². The topological polar surface area (TPSA) is 17.1 Å². The highest BCUT2D eigenvalue weighted by Crippen LogP contribution is 2.06. The molecule has 1 unspecified atom stereocenters. The van der Waals surface area contributed by atoms with Crippen molar-refractivity contribution in [3.8, 4) is 0 Å². The quantitative estimate of drug-likeness (QED) is 0.568. The van der Waals surface area contributed by atoms with E-state index in [2.05, 4.69) is 0 Å². The van der Waals surface area contributed by atoms with Gasteiger partial charge in [0.05, 0.1) is 0 Å². The molecule has 0 aliphatic carbocycles. The molecule has 0 aliphatic rings. The van der Waals surface area contributed by atoms with Crippen LogP contribution in [-0.2, 0) is 4.79 Å². The van der Waals surface area contributed by atoms with E-state index in [0.29, 0.717) is 18.1 Å². The van der Waals surface area contributed by atoms with E-state index in [1.54, 1.807) is 0 Å². The van der Waals surface area contributed by atoms with Gasteiger partial charge >= 0.3 is 0 Å². The molecule has 0 saturated carbocycles. The summed E-state index contributed by atoms with van der Waals surface area (Å²) in [5.74, 6) is 1.17. The van der Waals surface area contributed by atoms with Crippen LogP contribution in [0.5, 0.6) is 0 Å². The lowest BCUT2D eigenvalue weighted by molar-refractivity contribution is -0.122. The Balaban J connectivity index is 3.42. The van der Waals surface area contributed by atoms with E-state index in [4.69, 9.17) is 11.6 Å². The summed E-state index contributed by atoms with van der Waals surface area (Å²) in [5, 5.41) is 0. The van der Waals surface area contributed by atoms with Gasteiger partial charge in [-0.3, -0.25) is 4.79 Å². The highest BCUT2D eigenvalue weighted by molar-refractivity contribution is 6.17. The average molecular weight is 163 g/mol. The number of alkyl halides is 1. The Morgan fingerprint density at radius 3 is 2.60 bits per heavy atom. The second-order valence-electron chi connectivity index (χ2n) is 2.57. The van der Waals surface area contributed by atoms with Crippen LogP contribution in [0.3, 0.4) is 0 Å². The van der Waals surface area contributed by atoms with E-state index in [0.717, 1.165) is 12.8 Å². The normalized spacial score (nSPS) is 13.1. The van der Waals surface area contributed by atoms with E-state index in [1.807, 2.05) is 13.8 Å². The maximum atomic E-state index is 11.1. The van der Waals surface area contributed by atoms with Gasteiger partial charge in [0.2, 0.25) is 0 Å². The number of rotatable bonds is 5. The standard InChI is InChI=1S/C8H15ClO/c1-3-7(2)8(10)5-4-6-9/h7H,3-6H2,1-2H3. The van der Waals surface area contributed by atoms with E-state index in [-0.39, 0.29) is 5.92 Å². The van der Waals surface area contributed by atoms with Gasteiger partial charge in [-0.25, -0.2) is 0 Å². The molecule has 0 rings (SSSR count). The molecular weight excluding hydrogens is 148 g/mol. The monoisotopic (exact) mass is 162 g/mol. The van der Waals surface area contributed by atoms with Crippen molar-refractivity contribution in [1.29, 1.82) is 0 Å². The first-order valence-electron chi connectivity index (χ1n) is 3.81. The van der Waals surface area contributed by atoms with Crippen LogP contribution in [0.1, 0.15) is 33.1 Å². The summed E-state index contributed by atoms with van der Waals surface area (Å²) >= 11 is 5.44. The minimum atomic E-state index is 0.225. The van der Waals surface area contributed by atoms with E-state index >= 15 is 0 Å². The lowest BCUT2D eigenvalue weighted by Crippen LogP contribution is -2.09. The lowest BCUT2D eigenvalue weighted by atomic mass is 10.0. The van der Waals surface area contributed by atoms with E-state index in [9.17, 15) is 4.79 Å². The third-order valence-electron chi connectivity index (χ3n) is 1.72. The highest BCUT2D eigenvalue weighted by Gasteiger charge is 2.08. The number of ketones is 1. The first kappa shape index (κ1) is 9.96. The average Bonchev–Trinajstić information content (AvgIpc) is 1.98. The molecule has 1 atom stereocenters. The molecule has 0 amide bonds. The Kier molecular flexibility index (Phi) is 5.70. The fourth-order valence-electron chi connectivity index (χ4n) is 0.715. The number of hydrogen-bond acceptors (Lipinski definition) is 1. The predicted molar refractivity (Wildman–Crippen MR) is 44.4 cm³/mol. The molecule has 0 aliphatic heterocycles. The highest BCUT2D eigenvalue weighted by atomic mass is 35.5.